The first kappa shape index (κ1) is 23.3. The average Bonchev–Trinajstić information content (AvgIpc) is 3.31. The molecule has 4 heterocycles. The van der Waals surface area contributed by atoms with E-state index in [0.717, 1.165) is 29.3 Å². The van der Waals surface area contributed by atoms with Crippen molar-refractivity contribution in [1.29, 1.82) is 0 Å². The van der Waals surface area contributed by atoms with Crippen molar-refractivity contribution >= 4 is 16.6 Å². The summed E-state index contributed by atoms with van der Waals surface area (Å²) in [5.74, 6) is 0.402. The fourth-order valence-corrected chi connectivity index (χ4v) is 5.52. The Morgan fingerprint density at radius 1 is 1.14 bits per heavy atom. The van der Waals surface area contributed by atoms with Crippen molar-refractivity contribution in [2.75, 3.05) is 26.8 Å². The van der Waals surface area contributed by atoms with Crippen LogP contribution in [0.4, 0.5) is 13.2 Å². The molecule has 36 heavy (non-hydrogen) atoms. The molecule has 1 aliphatic heterocycles. The molecular formula is C26H27F3N6O. The highest BCUT2D eigenvalue weighted by Gasteiger charge is 2.47. The summed E-state index contributed by atoms with van der Waals surface area (Å²) >= 11 is 0. The van der Waals surface area contributed by atoms with Crippen molar-refractivity contribution < 1.29 is 17.9 Å². The second kappa shape index (κ2) is 8.50. The number of fused-ring (bicyclic) bond motifs is 2. The van der Waals surface area contributed by atoms with Crippen LogP contribution in [0.3, 0.4) is 0 Å². The lowest BCUT2D eigenvalue weighted by Crippen LogP contribution is -2.38. The van der Waals surface area contributed by atoms with E-state index in [-0.39, 0.29) is 23.6 Å². The summed E-state index contributed by atoms with van der Waals surface area (Å²) in [6.07, 6.45) is -0.357. The molecule has 2 N–H and O–H groups in total. The first-order valence-corrected chi connectivity index (χ1v) is 12.1. The fraction of sp³-hybridized carbons (Fsp3) is 0.423. The molecule has 7 nitrogen and oxygen atoms in total. The molecule has 2 atom stereocenters. The summed E-state index contributed by atoms with van der Waals surface area (Å²) in [5, 5.41) is 9.49. The van der Waals surface area contributed by atoms with Crippen molar-refractivity contribution in [3.05, 3.63) is 59.8 Å². The maximum Gasteiger partial charge on any atom is 0.408 e. The van der Waals surface area contributed by atoms with Gasteiger partial charge in [0.05, 0.1) is 12.1 Å². The van der Waals surface area contributed by atoms with Gasteiger partial charge in [0.15, 0.2) is 11.5 Å². The van der Waals surface area contributed by atoms with E-state index in [1.54, 1.807) is 17.6 Å². The van der Waals surface area contributed by atoms with E-state index in [2.05, 4.69) is 16.3 Å². The molecular weight excluding hydrogens is 469 g/mol. The lowest BCUT2D eigenvalue weighted by molar-refractivity contribution is -0.183. The number of alkyl halides is 3. The molecule has 2 fully saturated rings. The summed E-state index contributed by atoms with van der Waals surface area (Å²) in [5.41, 5.74) is 9.00. The van der Waals surface area contributed by atoms with E-state index in [9.17, 15) is 13.2 Å². The largest absolute Gasteiger partial charge is 0.408 e. The SMILES string of the molecule is COCC1(c2cccc3ccc(-c4nnc5ccc(C(N6CCC(N)C6)C(F)(F)F)cn45)nc23)CC1. The minimum Gasteiger partial charge on any atom is -0.384 e. The Kier molecular flexibility index (Phi) is 5.51. The van der Waals surface area contributed by atoms with Crippen molar-refractivity contribution in [2.24, 2.45) is 5.73 Å². The second-order valence-corrected chi connectivity index (χ2v) is 9.99. The standard InChI is InChI=1S/C26H27F3N6O/c1-36-15-25(10-11-25)19-4-2-3-16-5-7-20(31-22(16)19)24-33-32-21-8-6-17(13-35(21)24)23(26(27,28)29)34-12-9-18(30)14-34/h2-8,13,18,23H,9-12,14-15,30H2,1H3. The number of aromatic nitrogens is 4. The quantitative estimate of drug-likeness (QED) is 0.430. The summed E-state index contributed by atoms with van der Waals surface area (Å²) in [6.45, 7) is 1.13. The first-order chi connectivity index (χ1) is 17.3. The summed E-state index contributed by atoms with van der Waals surface area (Å²) in [6, 6.07) is 11.0. The van der Waals surface area contributed by atoms with Crippen molar-refractivity contribution in [3.8, 4) is 11.5 Å². The average molecular weight is 497 g/mol. The van der Waals surface area contributed by atoms with Gasteiger partial charge in [-0.05, 0) is 42.5 Å². The van der Waals surface area contributed by atoms with Crippen LogP contribution in [0, 0.1) is 0 Å². The Morgan fingerprint density at radius 3 is 2.67 bits per heavy atom. The van der Waals surface area contributed by atoms with Crippen LogP contribution in [0.25, 0.3) is 28.1 Å². The van der Waals surface area contributed by atoms with Gasteiger partial charge in [0.1, 0.15) is 11.7 Å². The zero-order chi connectivity index (χ0) is 25.1. The highest BCUT2D eigenvalue weighted by molar-refractivity contribution is 5.85. The third-order valence-corrected chi connectivity index (χ3v) is 7.47. The smallest absolute Gasteiger partial charge is 0.384 e. The minimum atomic E-state index is -4.44. The van der Waals surface area contributed by atoms with E-state index in [4.69, 9.17) is 15.5 Å². The summed E-state index contributed by atoms with van der Waals surface area (Å²) in [7, 11) is 1.70. The Labute approximate surface area is 206 Å². The maximum atomic E-state index is 14.2. The van der Waals surface area contributed by atoms with Gasteiger partial charge in [-0.25, -0.2) is 4.98 Å². The van der Waals surface area contributed by atoms with Gasteiger partial charge >= 0.3 is 6.18 Å². The first-order valence-electron chi connectivity index (χ1n) is 12.1. The van der Waals surface area contributed by atoms with E-state index in [0.29, 0.717) is 36.7 Å². The summed E-state index contributed by atoms with van der Waals surface area (Å²) in [4.78, 5) is 6.34. The molecule has 1 aliphatic carbocycles. The van der Waals surface area contributed by atoms with Crippen LogP contribution >= 0.6 is 0 Å². The molecule has 0 amide bonds. The van der Waals surface area contributed by atoms with Crippen LogP contribution in [0.2, 0.25) is 0 Å². The van der Waals surface area contributed by atoms with E-state index < -0.39 is 12.2 Å². The Balaban J connectivity index is 1.45. The molecule has 2 unspecified atom stereocenters. The van der Waals surface area contributed by atoms with Gasteiger partial charge < -0.3 is 10.5 Å². The molecule has 1 saturated heterocycles. The Morgan fingerprint density at radius 2 is 1.97 bits per heavy atom. The number of methoxy groups -OCH3 is 1. The number of hydrogen-bond donors (Lipinski definition) is 1. The number of pyridine rings is 2. The number of hydrogen-bond acceptors (Lipinski definition) is 6. The van der Waals surface area contributed by atoms with Crippen LogP contribution in [0.15, 0.2) is 48.7 Å². The molecule has 3 aromatic heterocycles. The molecule has 188 valence electrons. The molecule has 0 spiro atoms. The van der Waals surface area contributed by atoms with Gasteiger partial charge in [0, 0.05) is 43.2 Å². The van der Waals surface area contributed by atoms with Gasteiger partial charge in [-0.1, -0.05) is 30.3 Å². The molecule has 4 aromatic rings. The third-order valence-electron chi connectivity index (χ3n) is 7.47. The van der Waals surface area contributed by atoms with Gasteiger partial charge in [-0.3, -0.25) is 9.30 Å². The molecule has 2 aliphatic rings. The van der Waals surface area contributed by atoms with Crippen LogP contribution in [0.1, 0.15) is 36.4 Å². The number of benzene rings is 1. The van der Waals surface area contributed by atoms with E-state index >= 15 is 0 Å². The lowest BCUT2D eigenvalue weighted by atomic mass is 9.94. The molecule has 10 heteroatoms. The molecule has 1 saturated carbocycles. The third kappa shape index (κ3) is 3.93. The normalized spacial score (nSPS) is 20.9. The number of para-hydroxylation sites is 1. The maximum absolute atomic E-state index is 14.2. The predicted molar refractivity (Wildman–Crippen MR) is 129 cm³/mol. The molecule has 0 radical (unpaired) electrons. The van der Waals surface area contributed by atoms with Crippen LogP contribution in [-0.2, 0) is 10.2 Å². The van der Waals surface area contributed by atoms with E-state index in [1.807, 2.05) is 24.3 Å². The summed E-state index contributed by atoms with van der Waals surface area (Å²) < 4.78 is 49.7. The lowest BCUT2D eigenvalue weighted by Gasteiger charge is -2.30. The number of rotatable bonds is 6. The number of halogens is 3. The van der Waals surface area contributed by atoms with E-state index in [1.165, 1.54) is 17.2 Å². The van der Waals surface area contributed by atoms with Crippen LogP contribution in [-0.4, -0.2) is 63.5 Å². The topological polar surface area (TPSA) is 81.6 Å². The predicted octanol–water partition coefficient (Wildman–Crippen LogP) is 4.26. The number of nitrogens with two attached hydrogens (primary N) is 1. The number of nitrogens with zero attached hydrogens (tertiary/aromatic N) is 5. The van der Waals surface area contributed by atoms with Gasteiger partial charge in [-0.15, -0.1) is 10.2 Å². The van der Waals surface area contributed by atoms with Gasteiger partial charge in [-0.2, -0.15) is 13.2 Å². The highest BCUT2D eigenvalue weighted by atomic mass is 19.4. The highest BCUT2D eigenvalue weighted by Crippen LogP contribution is 2.50. The van der Waals surface area contributed by atoms with Crippen molar-refractivity contribution in [2.45, 2.75) is 42.9 Å². The number of likely N-dealkylation sites (tertiary alicyclic amines) is 1. The Hall–Kier alpha value is -3.08. The van der Waals surface area contributed by atoms with Gasteiger partial charge in [0.2, 0.25) is 0 Å². The van der Waals surface area contributed by atoms with Gasteiger partial charge in [0.25, 0.3) is 0 Å². The second-order valence-electron chi connectivity index (χ2n) is 9.99. The van der Waals surface area contributed by atoms with Crippen LogP contribution < -0.4 is 5.73 Å². The Bertz CT molecular complexity index is 1430. The molecule has 1 aromatic carbocycles. The number of ether oxygens (including phenoxy) is 1. The monoisotopic (exact) mass is 496 g/mol. The van der Waals surface area contributed by atoms with Crippen LogP contribution in [0.5, 0.6) is 0 Å². The zero-order valence-electron chi connectivity index (χ0n) is 19.9. The van der Waals surface area contributed by atoms with Crippen molar-refractivity contribution in [3.63, 3.8) is 0 Å². The zero-order valence-corrected chi connectivity index (χ0v) is 19.9. The molecule has 6 rings (SSSR count). The molecule has 0 bridgehead atoms. The minimum absolute atomic E-state index is 0.0452. The fourth-order valence-electron chi connectivity index (χ4n) is 5.52. The van der Waals surface area contributed by atoms with Crippen molar-refractivity contribution in [1.82, 2.24) is 24.5 Å².